The van der Waals surface area contributed by atoms with Gasteiger partial charge in [-0.2, -0.15) is 4.98 Å². The summed E-state index contributed by atoms with van der Waals surface area (Å²) in [4.78, 5) is 19.1. The Bertz CT molecular complexity index is 737. The first kappa shape index (κ1) is 14.4. The minimum absolute atomic E-state index is 0.0881. The second kappa shape index (κ2) is 5.70. The Hall–Kier alpha value is -1.52. The lowest BCUT2D eigenvalue weighted by molar-refractivity contribution is 0.436. The molecule has 0 spiro atoms. The van der Waals surface area contributed by atoms with Crippen LogP contribution in [-0.4, -0.2) is 15.1 Å². The maximum Gasteiger partial charge on any atom is 0.258 e. The fourth-order valence-corrected chi connectivity index (χ4v) is 3.24. The van der Waals surface area contributed by atoms with E-state index < -0.39 is 0 Å². The van der Waals surface area contributed by atoms with Crippen LogP contribution in [0.15, 0.2) is 23.0 Å². The zero-order chi connectivity index (χ0) is 15.0. The Morgan fingerprint density at radius 3 is 2.62 bits per heavy atom. The normalized spacial score (nSPS) is 15.5. The minimum Gasteiger partial charge on any atom is -0.493 e. The number of nitrogens with zero attached hydrogens (tertiary/aromatic N) is 1. The summed E-state index contributed by atoms with van der Waals surface area (Å²) in [7, 11) is 0. The number of hydrogen-bond acceptors (Lipinski definition) is 3. The SMILES string of the molecule is O=c1[nH]c(-c2cc(Cl)ccc2Cl)nc(O)c1C1CCCC1. The van der Waals surface area contributed by atoms with Crippen molar-refractivity contribution in [2.45, 2.75) is 31.6 Å². The molecule has 0 radical (unpaired) electrons. The van der Waals surface area contributed by atoms with Crippen molar-refractivity contribution in [3.05, 3.63) is 44.2 Å². The molecule has 0 saturated heterocycles. The Kier molecular flexibility index (Phi) is 3.91. The van der Waals surface area contributed by atoms with Crippen LogP contribution in [0, 0.1) is 0 Å². The summed E-state index contributed by atoms with van der Waals surface area (Å²) < 4.78 is 0. The Morgan fingerprint density at radius 1 is 1.24 bits per heavy atom. The van der Waals surface area contributed by atoms with E-state index in [1.807, 2.05) is 0 Å². The largest absolute Gasteiger partial charge is 0.493 e. The third-order valence-corrected chi connectivity index (χ3v) is 4.45. The molecule has 0 unspecified atom stereocenters. The van der Waals surface area contributed by atoms with Crippen LogP contribution in [0.4, 0.5) is 0 Å². The molecule has 1 aromatic carbocycles. The molecule has 1 saturated carbocycles. The van der Waals surface area contributed by atoms with Crippen LogP contribution in [0.5, 0.6) is 5.88 Å². The van der Waals surface area contributed by atoms with Gasteiger partial charge in [0.2, 0.25) is 5.88 Å². The number of aromatic amines is 1. The second-order valence-corrected chi connectivity index (χ2v) is 6.10. The van der Waals surface area contributed by atoms with Crippen LogP contribution in [0.25, 0.3) is 11.4 Å². The molecule has 1 fully saturated rings. The summed E-state index contributed by atoms with van der Waals surface area (Å²) in [5.74, 6) is 0.105. The predicted octanol–water partition coefficient (Wildman–Crippen LogP) is 4.11. The van der Waals surface area contributed by atoms with E-state index in [2.05, 4.69) is 9.97 Å². The number of rotatable bonds is 2. The molecular formula is C15H14Cl2N2O2. The molecule has 6 heteroatoms. The van der Waals surface area contributed by atoms with E-state index in [0.717, 1.165) is 25.7 Å². The second-order valence-electron chi connectivity index (χ2n) is 5.26. The average molecular weight is 325 g/mol. The predicted molar refractivity (Wildman–Crippen MR) is 83.2 cm³/mol. The van der Waals surface area contributed by atoms with Gasteiger partial charge in [0.05, 0.1) is 10.6 Å². The number of hydrogen-bond donors (Lipinski definition) is 2. The molecule has 1 aliphatic carbocycles. The maximum atomic E-state index is 12.3. The van der Waals surface area contributed by atoms with Crippen molar-refractivity contribution in [2.24, 2.45) is 0 Å². The summed E-state index contributed by atoms with van der Waals surface area (Å²) in [6.45, 7) is 0. The fraction of sp³-hybridized carbons (Fsp3) is 0.333. The van der Waals surface area contributed by atoms with Gasteiger partial charge in [-0.25, -0.2) is 0 Å². The summed E-state index contributed by atoms with van der Waals surface area (Å²) in [6.07, 6.45) is 3.97. The van der Waals surface area contributed by atoms with E-state index in [1.165, 1.54) is 0 Å². The first-order valence-electron chi connectivity index (χ1n) is 6.85. The van der Waals surface area contributed by atoms with Crippen molar-refractivity contribution in [2.75, 3.05) is 0 Å². The van der Waals surface area contributed by atoms with E-state index in [4.69, 9.17) is 23.2 Å². The lowest BCUT2D eigenvalue weighted by Crippen LogP contribution is -2.17. The molecule has 0 bridgehead atoms. The number of halogens is 2. The standard InChI is InChI=1S/C15H14Cl2N2O2/c16-9-5-6-11(17)10(7-9)13-18-14(20)12(15(21)19-13)8-3-1-2-4-8/h5-8H,1-4H2,(H2,18,19,20,21). The zero-order valence-electron chi connectivity index (χ0n) is 11.2. The number of aromatic nitrogens is 2. The monoisotopic (exact) mass is 324 g/mol. The van der Waals surface area contributed by atoms with Gasteiger partial charge in [-0.3, -0.25) is 4.79 Å². The Balaban J connectivity index is 2.10. The third-order valence-electron chi connectivity index (χ3n) is 3.88. The van der Waals surface area contributed by atoms with Gasteiger partial charge in [-0.15, -0.1) is 0 Å². The zero-order valence-corrected chi connectivity index (χ0v) is 12.7. The highest BCUT2D eigenvalue weighted by Crippen LogP contribution is 2.36. The molecule has 1 aromatic heterocycles. The van der Waals surface area contributed by atoms with Gasteiger partial charge in [-0.1, -0.05) is 36.0 Å². The average Bonchev–Trinajstić information content (AvgIpc) is 2.94. The lowest BCUT2D eigenvalue weighted by Gasteiger charge is -2.11. The van der Waals surface area contributed by atoms with Gasteiger partial charge in [-0.05, 0) is 37.0 Å². The minimum atomic E-state index is -0.305. The first-order valence-corrected chi connectivity index (χ1v) is 7.60. The van der Waals surface area contributed by atoms with Gasteiger partial charge in [0.25, 0.3) is 5.56 Å². The van der Waals surface area contributed by atoms with Crippen LogP contribution >= 0.6 is 23.2 Å². The first-order chi connectivity index (χ1) is 10.1. The lowest BCUT2D eigenvalue weighted by atomic mass is 10.00. The smallest absolute Gasteiger partial charge is 0.258 e. The van der Waals surface area contributed by atoms with Crippen molar-refractivity contribution in [1.82, 2.24) is 9.97 Å². The third kappa shape index (κ3) is 2.78. The van der Waals surface area contributed by atoms with Gasteiger partial charge in [0.15, 0.2) is 0 Å². The molecule has 0 atom stereocenters. The number of aromatic hydroxyl groups is 1. The molecular weight excluding hydrogens is 311 g/mol. The summed E-state index contributed by atoms with van der Waals surface area (Å²) in [5, 5.41) is 11.0. The number of nitrogens with one attached hydrogen (secondary N) is 1. The molecule has 3 rings (SSSR count). The molecule has 0 aliphatic heterocycles. The van der Waals surface area contributed by atoms with E-state index in [0.29, 0.717) is 21.2 Å². The van der Waals surface area contributed by atoms with Crippen LogP contribution in [0.1, 0.15) is 37.2 Å². The van der Waals surface area contributed by atoms with Crippen molar-refractivity contribution in [1.29, 1.82) is 0 Å². The molecule has 1 heterocycles. The fourth-order valence-electron chi connectivity index (χ4n) is 2.86. The highest BCUT2D eigenvalue weighted by molar-refractivity contribution is 6.35. The van der Waals surface area contributed by atoms with Crippen molar-refractivity contribution in [3.63, 3.8) is 0 Å². The Morgan fingerprint density at radius 2 is 1.95 bits per heavy atom. The van der Waals surface area contributed by atoms with E-state index in [1.54, 1.807) is 18.2 Å². The molecule has 2 N–H and O–H groups in total. The molecule has 110 valence electrons. The summed E-state index contributed by atoms with van der Waals surface area (Å²) in [6, 6.07) is 4.89. The topological polar surface area (TPSA) is 66.0 Å². The highest BCUT2D eigenvalue weighted by Gasteiger charge is 2.25. The summed E-state index contributed by atoms with van der Waals surface area (Å²) >= 11 is 12.0. The Labute approximate surface area is 131 Å². The molecule has 0 amide bonds. The van der Waals surface area contributed by atoms with Crippen molar-refractivity contribution >= 4 is 23.2 Å². The molecule has 2 aromatic rings. The van der Waals surface area contributed by atoms with E-state index in [-0.39, 0.29) is 23.2 Å². The van der Waals surface area contributed by atoms with Gasteiger partial charge in [0.1, 0.15) is 5.82 Å². The van der Waals surface area contributed by atoms with Gasteiger partial charge >= 0.3 is 0 Å². The van der Waals surface area contributed by atoms with Gasteiger partial charge in [0, 0.05) is 10.6 Å². The number of benzene rings is 1. The van der Waals surface area contributed by atoms with E-state index in [9.17, 15) is 9.90 Å². The summed E-state index contributed by atoms with van der Waals surface area (Å²) in [5.41, 5.74) is 0.574. The van der Waals surface area contributed by atoms with E-state index >= 15 is 0 Å². The molecule has 1 aliphatic rings. The van der Waals surface area contributed by atoms with Crippen LogP contribution in [-0.2, 0) is 0 Å². The number of H-pyrrole nitrogens is 1. The van der Waals surface area contributed by atoms with Crippen molar-refractivity contribution in [3.8, 4) is 17.3 Å². The van der Waals surface area contributed by atoms with Crippen molar-refractivity contribution < 1.29 is 5.11 Å². The van der Waals surface area contributed by atoms with Gasteiger partial charge < -0.3 is 10.1 Å². The van der Waals surface area contributed by atoms with Crippen LogP contribution in [0.3, 0.4) is 0 Å². The maximum absolute atomic E-state index is 12.3. The molecule has 4 nitrogen and oxygen atoms in total. The van der Waals surface area contributed by atoms with Crippen LogP contribution in [0.2, 0.25) is 10.0 Å². The molecule has 21 heavy (non-hydrogen) atoms. The quantitative estimate of drug-likeness (QED) is 0.873. The van der Waals surface area contributed by atoms with Crippen LogP contribution < -0.4 is 5.56 Å². The highest BCUT2D eigenvalue weighted by atomic mass is 35.5.